The number of para-hydroxylation sites is 1. The first kappa shape index (κ1) is 26.3. The van der Waals surface area contributed by atoms with Crippen molar-refractivity contribution in [1.29, 1.82) is 0 Å². The number of carbonyl (C=O) groups is 2. The molecule has 1 aliphatic heterocycles. The summed E-state index contributed by atoms with van der Waals surface area (Å²) in [6.07, 6.45) is 0. The molecular weight excluding hydrogens is 680 g/mol. The molecule has 1 heterocycles. The van der Waals surface area contributed by atoms with Gasteiger partial charge in [0.25, 0.3) is 0 Å². The van der Waals surface area contributed by atoms with Gasteiger partial charge in [0, 0.05) is 12.6 Å². The fraction of sp³-hybridized carbons (Fsp3) is 0.368. The second-order valence-corrected chi connectivity index (χ2v) is 12.2. The third kappa shape index (κ3) is 5.51. The minimum Gasteiger partial charge on any atom is -0.466 e. The zero-order valence-corrected chi connectivity index (χ0v) is 22.7. The van der Waals surface area contributed by atoms with Crippen molar-refractivity contribution in [3.63, 3.8) is 0 Å². The molecule has 0 unspecified atom stereocenters. The lowest BCUT2D eigenvalue weighted by atomic mass is 9.79. The number of esters is 2. The number of benzene rings is 1. The van der Waals surface area contributed by atoms with Crippen LogP contribution in [-0.4, -0.2) is 52.2 Å². The molecule has 0 bridgehead atoms. The lowest BCUT2D eigenvalue weighted by molar-refractivity contribution is -0.137. The summed E-state index contributed by atoms with van der Waals surface area (Å²) in [6.45, 7) is -3.11. The standard InChI is InChI=1S/C19H17Br4F2NO5/c1-26-13(15(20)21)11(17(27)29-2)10(12(18(28)30-3)14(26)16(22)23)8-6-4-5-7-9(8)31-19(24)25/h4-7,10,15-16,19H,1-3H3. The van der Waals surface area contributed by atoms with Gasteiger partial charge in [-0.05, 0) is 6.07 Å². The second kappa shape index (κ2) is 11.2. The van der Waals surface area contributed by atoms with Crippen LogP contribution in [0.25, 0.3) is 0 Å². The average molecular weight is 697 g/mol. The smallest absolute Gasteiger partial charge is 0.387 e. The van der Waals surface area contributed by atoms with E-state index in [9.17, 15) is 18.4 Å². The zero-order chi connectivity index (χ0) is 23.5. The Morgan fingerprint density at radius 3 is 1.77 bits per heavy atom. The Labute approximate surface area is 211 Å². The van der Waals surface area contributed by atoms with Crippen LogP contribution in [-0.2, 0) is 19.1 Å². The van der Waals surface area contributed by atoms with Crippen molar-refractivity contribution >= 4 is 75.7 Å². The van der Waals surface area contributed by atoms with Crippen molar-refractivity contribution in [2.45, 2.75) is 20.0 Å². The summed E-state index contributed by atoms with van der Waals surface area (Å²) in [7, 11) is 4.04. The molecule has 2 rings (SSSR count). The Balaban J connectivity index is 3.00. The Morgan fingerprint density at radius 1 is 0.935 bits per heavy atom. The average Bonchev–Trinajstić information content (AvgIpc) is 2.71. The molecule has 0 fully saturated rings. The molecule has 0 aromatic heterocycles. The van der Waals surface area contributed by atoms with Crippen LogP contribution in [0.1, 0.15) is 11.5 Å². The fourth-order valence-corrected chi connectivity index (χ4v) is 5.57. The number of halogens is 6. The number of carbonyl (C=O) groups excluding carboxylic acids is 2. The number of methoxy groups -OCH3 is 2. The van der Waals surface area contributed by atoms with Crippen LogP contribution < -0.4 is 4.74 Å². The highest BCUT2D eigenvalue weighted by atomic mass is 79.9. The Kier molecular flexibility index (Phi) is 9.53. The van der Waals surface area contributed by atoms with Gasteiger partial charge in [-0.25, -0.2) is 9.59 Å². The molecule has 0 saturated heterocycles. The maximum Gasteiger partial charge on any atom is 0.387 e. The van der Waals surface area contributed by atoms with Gasteiger partial charge in [0.1, 0.15) is 13.2 Å². The predicted molar refractivity (Wildman–Crippen MR) is 125 cm³/mol. The van der Waals surface area contributed by atoms with Gasteiger partial charge in [0.05, 0.1) is 42.7 Å². The molecule has 0 aliphatic carbocycles. The van der Waals surface area contributed by atoms with Crippen LogP contribution in [0.15, 0.2) is 46.8 Å². The van der Waals surface area contributed by atoms with Gasteiger partial charge in [0.15, 0.2) is 0 Å². The Hall–Kier alpha value is -0.980. The van der Waals surface area contributed by atoms with E-state index in [0.29, 0.717) is 11.4 Å². The summed E-state index contributed by atoms with van der Waals surface area (Å²) in [5.41, 5.74) is 1.11. The van der Waals surface area contributed by atoms with Crippen molar-refractivity contribution in [2.24, 2.45) is 0 Å². The first-order chi connectivity index (χ1) is 14.6. The number of hydrogen-bond donors (Lipinski definition) is 0. The van der Waals surface area contributed by atoms with Crippen LogP contribution in [0.4, 0.5) is 8.78 Å². The molecular formula is C19H17Br4F2NO5. The Morgan fingerprint density at radius 2 is 1.39 bits per heavy atom. The summed E-state index contributed by atoms with van der Waals surface area (Å²) in [6, 6.07) is 5.94. The molecule has 0 saturated carbocycles. The van der Waals surface area contributed by atoms with E-state index in [1.165, 1.54) is 32.4 Å². The van der Waals surface area contributed by atoms with E-state index in [-0.39, 0.29) is 22.5 Å². The summed E-state index contributed by atoms with van der Waals surface area (Å²) in [5.74, 6) is -2.80. The third-order valence-corrected chi connectivity index (χ3v) is 6.26. The van der Waals surface area contributed by atoms with E-state index in [2.05, 4.69) is 63.7 Å². The van der Waals surface area contributed by atoms with Gasteiger partial charge in [0.2, 0.25) is 0 Å². The molecule has 1 aliphatic rings. The monoisotopic (exact) mass is 693 g/mol. The minimum absolute atomic E-state index is 0.0545. The molecule has 1 aromatic rings. The van der Waals surface area contributed by atoms with E-state index < -0.39 is 31.9 Å². The summed E-state index contributed by atoms with van der Waals surface area (Å²) < 4.78 is 39.8. The molecule has 1 aromatic carbocycles. The first-order valence-electron chi connectivity index (χ1n) is 8.55. The van der Waals surface area contributed by atoms with E-state index in [1.54, 1.807) is 18.0 Å². The Bertz CT molecular complexity index is 874. The van der Waals surface area contributed by atoms with Crippen LogP contribution >= 0.6 is 63.7 Å². The first-order valence-corrected chi connectivity index (χ1v) is 12.2. The van der Waals surface area contributed by atoms with Gasteiger partial charge in [-0.2, -0.15) is 8.78 Å². The van der Waals surface area contributed by atoms with Gasteiger partial charge in [-0.15, -0.1) is 0 Å². The number of hydrogen-bond acceptors (Lipinski definition) is 6. The van der Waals surface area contributed by atoms with E-state index >= 15 is 0 Å². The molecule has 0 amide bonds. The van der Waals surface area contributed by atoms with Gasteiger partial charge >= 0.3 is 18.6 Å². The quantitative estimate of drug-likeness (QED) is 0.281. The summed E-state index contributed by atoms with van der Waals surface area (Å²) in [4.78, 5) is 27.5. The molecule has 0 radical (unpaired) electrons. The molecule has 6 nitrogen and oxygen atoms in total. The minimum atomic E-state index is -3.11. The van der Waals surface area contributed by atoms with Gasteiger partial charge < -0.3 is 19.1 Å². The van der Waals surface area contributed by atoms with Crippen molar-refractivity contribution in [3.8, 4) is 5.75 Å². The normalized spacial score (nSPS) is 15.3. The van der Waals surface area contributed by atoms with Gasteiger partial charge in [-0.1, -0.05) is 81.9 Å². The number of nitrogens with zero attached hydrogens (tertiary/aromatic N) is 1. The van der Waals surface area contributed by atoms with Crippen LogP contribution in [0, 0.1) is 0 Å². The van der Waals surface area contributed by atoms with E-state index in [1.807, 2.05) is 0 Å². The van der Waals surface area contributed by atoms with E-state index in [0.717, 1.165) is 0 Å². The molecule has 31 heavy (non-hydrogen) atoms. The zero-order valence-electron chi connectivity index (χ0n) is 16.4. The van der Waals surface area contributed by atoms with Crippen LogP contribution in [0.3, 0.4) is 0 Å². The number of alkyl halides is 6. The molecule has 0 atom stereocenters. The maximum absolute atomic E-state index is 13.1. The maximum atomic E-state index is 13.1. The van der Waals surface area contributed by atoms with Crippen LogP contribution in [0.5, 0.6) is 5.75 Å². The lowest BCUT2D eigenvalue weighted by Crippen LogP contribution is -2.38. The highest BCUT2D eigenvalue weighted by Gasteiger charge is 2.45. The number of allylic oxidation sites excluding steroid dienone is 2. The highest BCUT2D eigenvalue weighted by molar-refractivity contribution is 9.25. The topological polar surface area (TPSA) is 65.1 Å². The summed E-state index contributed by atoms with van der Waals surface area (Å²) >= 11 is 13.7. The SMILES string of the molecule is COC(=O)C1=C(C(Br)Br)N(C)C(C(Br)Br)=C(C(=O)OC)C1c1ccccc1OC(F)F. The largest absolute Gasteiger partial charge is 0.466 e. The summed E-state index contributed by atoms with van der Waals surface area (Å²) in [5, 5.41) is 0. The molecule has 12 heteroatoms. The van der Waals surface area contributed by atoms with E-state index in [4.69, 9.17) is 14.2 Å². The van der Waals surface area contributed by atoms with Crippen molar-refractivity contribution in [3.05, 3.63) is 52.4 Å². The van der Waals surface area contributed by atoms with Gasteiger partial charge in [-0.3, -0.25) is 0 Å². The number of ether oxygens (including phenoxy) is 3. The molecule has 0 spiro atoms. The molecule has 0 N–H and O–H groups in total. The third-order valence-electron chi connectivity index (χ3n) is 4.52. The van der Waals surface area contributed by atoms with Crippen molar-refractivity contribution in [2.75, 3.05) is 21.3 Å². The highest BCUT2D eigenvalue weighted by Crippen LogP contribution is 2.49. The lowest BCUT2D eigenvalue weighted by Gasteiger charge is -2.39. The van der Waals surface area contributed by atoms with Crippen molar-refractivity contribution < 1.29 is 32.6 Å². The van der Waals surface area contributed by atoms with Crippen molar-refractivity contribution in [1.82, 2.24) is 4.90 Å². The number of rotatable bonds is 7. The van der Waals surface area contributed by atoms with Crippen LogP contribution in [0.2, 0.25) is 0 Å². The predicted octanol–water partition coefficient (Wildman–Crippen LogP) is 5.40. The second-order valence-electron chi connectivity index (χ2n) is 6.09. The molecule has 170 valence electrons. The fourth-order valence-electron chi connectivity index (χ4n) is 3.36.